The molecule has 0 radical (unpaired) electrons. The molecule has 1 aliphatic rings. The van der Waals surface area contributed by atoms with Gasteiger partial charge in [0.15, 0.2) is 0 Å². The van der Waals surface area contributed by atoms with Gasteiger partial charge in [-0.25, -0.2) is 0 Å². The zero-order valence-electron chi connectivity index (χ0n) is 10.4. The van der Waals surface area contributed by atoms with E-state index in [9.17, 15) is 9.59 Å². The van der Waals surface area contributed by atoms with Crippen molar-refractivity contribution in [1.29, 1.82) is 0 Å². The average Bonchev–Trinajstić information content (AvgIpc) is 3.17. The highest BCUT2D eigenvalue weighted by atomic mass is 16.4. The van der Waals surface area contributed by atoms with Gasteiger partial charge in [-0.15, -0.1) is 0 Å². The molecule has 0 unspecified atom stereocenters. The Labute approximate surface area is 106 Å². The SMILES string of the molecule is CCc1ccc(C(=O)NCC2(C(=O)O)CC2)cc1. The number of hydrogen-bond donors (Lipinski definition) is 2. The number of benzene rings is 1. The van der Waals surface area contributed by atoms with Crippen LogP contribution in [0.2, 0.25) is 0 Å². The van der Waals surface area contributed by atoms with Crippen molar-refractivity contribution in [1.82, 2.24) is 5.32 Å². The molecule has 1 aromatic rings. The van der Waals surface area contributed by atoms with Crippen molar-refractivity contribution in [2.75, 3.05) is 6.54 Å². The highest BCUT2D eigenvalue weighted by Crippen LogP contribution is 2.45. The summed E-state index contributed by atoms with van der Waals surface area (Å²) in [6.07, 6.45) is 2.23. The van der Waals surface area contributed by atoms with Gasteiger partial charge in [0.1, 0.15) is 0 Å². The summed E-state index contributed by atoms with van der Waals surface area (Å²) in [6, 6.07) is 7.38. The van der Waals surface area contributed by atoms with Gasteiger partial charge in [-0.1, -0.05) is 19.1 Å². The summed E-state index contributed by atoms with van der Waals surface area (Å²) in [7, 11) is 0. The summed E-state index contributed by atoms with van der Waals surface area (Å²) in [5.74, 6) is -1.02. The predicted molar refractivity (Wildman–Crippen MR) is 67.5 cm³/mol. The van der Waals surface area contributed by atoms with E-state index in [1.807, 2.05) is 12.1 Å². The molecule has 0 saturated heterocycles. The number of carboxylic acid groups (broad SMARTS) is 1. The summed E-state index contributed by atoms with van der Waals surface area (Å²) in [6.45, 7) is 2.27. The van der Waals surface area contributed by atoms with Crippen molar-refractivity contribution in [3.8, 4) is 0 Å². The van der Waals surface area contributed by atoms with Crippen molar-refractivity contribution in [2.45, 2.75) is 26.2 Å². The standard InChI is InChI=1S/C14H17NO3/c1-2-10-3-5-11(6-4-10)12(16)15-9-14(7-8-14)13(17)18/h3-6H,2,7-9H2,1H3,(H,15,16)(H,17,18). The molecule has 1 aromatic carbocycles. The lowest BCUT2D eigenvalue weighted by molar-refractivity contribution is -0.143. The van der Waals surface area contributed by atoms with Crippen molar-refractivity contribution >= 4 is 11.9 Å². The molecule has 0 aromatic heterocycles. The topological polar surface area (TPSA) is 66.4 Å². The Morgan fingerprint density at radius 1 is 1.28 bits per heavy atom. The monoisotopic (exact) mass is 247 g/mol. The molecule has 2 rings (SSSR count). The average molecular weight is 247 g/mol. The normalized spacial score (nSPS) is 16.1. The summed E-state index contributed by atoms with van der Waals surface area (Å²) in [5, 5.41) is 11.7. The minimum Gasteiger partial charge on any atom is -0.481 e. The Morgan fingerprint density at radius 2 is 1.89 bits per heavy atom. The highest BCUT2D eigenvalue weighted by molar-refractivity contribution is 5.94. The molecule has 0 atom stereocenters. The number of carboxylic acids is 1. The number of aryl methyl sites for hydroxylation is 1. The highest BCUT2D eigenvalue weighted by Gasteiger charge is 2.50. The Kier molecular flexibility index (Phi) is 3.36. The molecule has 1 amide bonds. The minimum absolute atomic E-state index is 0.204. The van der Waals surface area contributed by atoms with E-state index in [2.05, 4.69) is 12.2 Å². The van der Waals surface area contributed by atoms with E-state index in [1.54, 1.807) is 12.1 Å². The van der Waals surface area contributed by atoms with Crippen LogP contribution in [0, 0.1) is 5.41 Å². The van der Waals surface area contributed by atoms with Crippen molar-refractivity contribution in [2.24, 2.45) is 5.41 Å². The Balaban J connectivity index is 1.93. The van der Waals surface area contributed by atoms with Crippen molar-refractivity contribution in [3.05, 3.63) is 35.4 Å². The van der Waals surface area contributed by atoms with Gasteiger partial charge in [0.05, 0.1) is 5.41 Å². The molecule has 1 aliphatic carbocycles. The molecule has 1 saturated carbocycles. The van der Waals surface area contributed by atoms with Crippen LogP contribution in [0.1, 0.15) is 35.7 Å². The molecule has 0 aliphatic heterocycles. The van der Waals surface area contributed by atoms with Crippen LogP contribution in [-0.4, -0.2) is 23.5 Å². The number of hydrogen-bond acceptors (Lipinski definition) is 2. The van der Waals surface area contributed by atoms with E-state index in [4.69, 9.17) is 5.11 Å². The molecule has 2 N–H and O–H groups in total. The number of carbonyl (C=O) groups excluding carboxylic acids is 1. The van der Waals surface area contributed by atoms with Gasteiger partial charge >= 0.3 is 5.97 Å². The third-order valence-corrected chi connectivity index (χ3v) is 3.52. The van der Waals surface area contributed by atoms with E-state index in [1.165, 1.54) is 5.56 Å². The quantitative estimate of drug-likeness (QED) is 0.834. The fourth-order valence-electron chi connectivity index (χ4n) is 1.86. The van der Waals surface area contributed by atoms with E-state index in [-0.39, 0.29) is 12.5 Å². The molecule has 4 heteroatoms. The first-order valence-corrected chi connectivity index (χ1v) is 6.18. The summed E-state index contributed by atoms with van der Waals surface area (Å²) in [4.78, 5) is 22.8. The van der Waals surface area contributed by atoms with E-state index in [0.717, 1.165) is 6.42 Å². The largest absolute Gasteiger partial charge is 0.481 e. The lowest BCUT2D eigenvalue weighted by Gasteiger charge is -2.11. The molecule has 0 spiro atoms. The van der Waals surface area contributed by atoms with E-state index < -0.39 is 11.4 Å². The molecule has 1 fully saturated rings. The second-order valence-corrected chi connectivity index (χ2v) is 4.82. The molecule has 18 heavy (non-hydrogen) atoms. The zero-order valence-corrected chi connectivity index (χ0v) is 10.4. The van der Waals surface area contributed by atoms with Gasteiger partial charge < -0.3 is 10.4 Å². The lowest BCUT2D eigenvalue weighted by Crippen LogP contribution is -2.34. The fraction of sp³-hybridized carbons (Fsp3) is 0.429. The van der Waals surface area contributed by atoms with E-state index >= 15 is 0 Å². The third kappa shape index (κ3) is 2.53. The smallest absolute Gasteiger partial charge is 0.311 e. The molecule has 96 valence electrons. The summed E-state index contributed by atoms with van der Waals surface area (Å²) < 4.78 is 0. The van der Waals surface area contributed by atoms with Gasteiger partial charge in [-0.3, -0.25) is 9.59 Å². The number of amides is 1. The number of nitrogens with one attached hydrogen (secondary N) is 1. The Morgan fingerprint density at radius 3 is 2.33 bits per heavy atom. The van der Waals surface area contributed by atoms with Crippen LogP contribution in [0.5, 0.6) is 0 Å². The molecule has 0 heterocycles. The van der Waals surface area contributed by atoms with E-state index in [0.29, 0.717) is 18.4 Å². The minimum atomic E-state index is -0.816. The first-order chi connectivity index (χ1) is 8.57. The molecule has 0 bridgehead atoms. The van der Waals surface area contributed by atoms with Crippen LogP contribution >= 0.6 is 0 Å². The van der Waals surface area contributed by atoms with Crippen LogP contribution in [-0.2, 0) is 11.2 Å². The fourth-order valence-corrected chi connectivity index (χ4v) is 1.86. The Hall–Kier alpha value is -1.84. The van der Waals surface area contributed by atoms with Gasteiger partial charge in [0.2, 0.25) is 0 Å². The van der Waals surface area contributed by atoms with Crippen LogP contribution in [0.3, 0.4) is 0 Å². The van der Waals surface area contributed by atoms with Gasteiger partial charge in [-0.2, -0.15) is 0 Å². The molecule has 4 nitrogen and oxygen atoms in total. The first kappa shape index (κ1) is 12.6. The van der Waals surface area contributed by atoms with Gasteiger partial charge in [0, 0.05) is 12.1 Å². The Bertz CT molecular complexity index is 460. The maximum absolute atomic E-state index is 11.8. The maximum Gasteiger partial charge on any atom is 0.311 e. The maximum atomic E-state index is 11.8. The second kappa shape index (κ2) is 4.80. The second-order valence-electron chi connectivity index (χ2n) is 4.82. The predicted octanol–water partition coefficient (Wildman–Crippen LogP) is 1.84. The molecular formula is C14H17NO3. The van der Waals surface area contributed by atoms with Crippen molar-refractivity contribution in [3.63, 3.8) is 0 Å². The lowest BCUT2D eigenvalue weighted by atomic mass is 10.1. The summed E-state index contributed by atoms with van der Waals surface area (Å²) >= 11 is 0. The summed E-state index contributed by atoms with van der Waals surface area (Å²) in [5.41, 5.74) is 1.04. The van der Waals surface area contributed by atoms with Crippen LogP contribution in [0.25, 0.3) is 0 Å². The van der Waals surface area contributed by atoms with Crippen LogP contribution in [0.15, 0.2) is 24.3 Å². The third-order valence-electron chi connectivity index (χ3n) is 3.52. The van der Waals surface area contributed by atoms with Crippen LogP contribution < -0.4 is 5.32 Å². The number of aliphatic carboxylic acids is 1. The van der Waals surface area contributed by atoms with Crippen molar-refractivity contribution < 1.29 is 14.7 Å². The zero-order chi connectivity index (χ0) is 13.2. The van der Waals surface area contributed by atoms with Gasteiger partial charge in [-0.05, 0) is 37.0 Å². The first-order valence-electron chi connectivity index (χ1n) is 6.18. The van der Waals surface area contributed by atoms with Crippen LogP contribution in [0.4, 0.5) is 0 Å². The molecular weight excluding hydrogens is 230 g/mol. The number of rotatable bonds is 5. The number of carbonyl (C=O) groups is 2. The van der Waals surface area contributed by atoms with Gasteiger partial charge in [0.25, 0.3) is 5.91 Å².